The van der Waals surface area contributed by atoms with Crippen LogP contribution in [0.3, 0.4) is 0 Å². The number of halogens is 2. The van der Waals surface area contributed by atoms with Crippen LogP contribution in [0.4, 0.5) is 14.5 Å². The molecule has 4 rings (SSSR count). The van der Waals surface area contributed by atoms with E-state index in [-0.39, 0.29) is 17.7 Å². The highest BCUT2D eigenvalue weighted by atomic mass is 19.2. The van der Waals surface area contributed by atoms with E-state index >= 15 is 0 Å². The van der Waals surface area contributed by atoms with Crippen LogP contribution in [0.5, 0.6) is 0 Å². The lowest BCUT2D eigenvalue weighted by molar-refractivity contribution is -0.117. The van der Waals surface area contributed by atoms with Gasteiger partial charge in [0.25, 0.3) is 0 Å². The third-order valence-corrected chi connectivity index (χ3v) is 4.33. The lowest BCUT2D eigenvalue weighted by Gasteiger charge is -2.08. The SMILES string of the molecule is O=C(Nc1cccc(-n2cnnc2)c1)[C@@H]1C[C@H]1c1ccc(F)c(F)c1. The monoisotopic (exact) mass is 340 g/mol. The van der Waals surface area contributed by atoms with Crippen LogP contribution >= 0.6 is 0 Å². The first-order valence-electron chi connectivity index (χ1n) is 7.83. The summed E-state index contributed by atoms with van der Waals surface area (Å²) in [6, 6.07) is 11.1. The number of hydrogen-bond donors (Lipinski definition) is 1. The van der Waals surface area contributed by atoms with E-state index in [2.05, 4.69) is 15.5 Å². The first-order valence-corrected chi connectivity index (χ1v) is 7.83. The standard InChI is InChI=1S/C18H14F2N4O/c19-16-5-4-11(6-17(16)20)14-8-15(14)18(25)23-12-2-1-3-13(7-12)24-9-21-22-10-24/h1-7,9-10,14-15H,8H2,(H,23,25)/t14-,15+/m0/s1. The number of carbonyl (C=O) groups is 1. The summed E-state index contributed by atoms with van der Waals surface area (Å²) in [5, 5.41) is 10.4. The van der Waals surface area contributed by atoms with Gasteiger partial charge in [-0.15, -0.1) is 10.2 Å². The average Bonchev–Trinajstić information content (AvgIpc) is 3.22. The predicted octanol–water partition coefficient (Wildman–Crippen LogP) is 3.29. The summed E-state index contributed by atoms with van der Waals surface area (Å²) in [5.41, 5.74) is 2.14. The van der Waals surface area contributed by atoms with Gasteiger partial charge < -0.3 is 5.32 Å². The fourth-order valence-electron chi connectivity index (χ4n) is 2.91. The molecule has 1 aromatic heterocycles. The van der Waals surface area contributed by atoms with Crippen molar-refractivity contribution in [1.82, 2.24) is 14.8 Å². The number of hydrogen-bond acceptors (Lipinski definition) is 3. The summed E-state index contributed by atoms with van der Waals surface area (Å²) in [5.74, 6) is -2.20. The van der Waals surface area contributed by atoms with Crippen molar-refractivity contribution in [2.24, 2.45) is 5.92 Å². The van der Waals surface area contributed by atoms with Crippen molar-refractivity contribution in [3.05, 3.63) is 72.3 Å². The molecule has 2 atom stereocenters. The fraction of sp³-hybridized carbons (Fsp3) is 0.167. The Morgan fingerprint density at radius 2 is 1.88 bits per heavy atom. The van der Waals surface area contributed by atoms with Crippen molar-refractivity contribution in [3.63, 3.8) is 0 Å². The van der Waals surface area contributed by atoms with Crippen molar-refractivity contribution in [2.45, 2.75) is 12.3 Å². The van der Waals surface area contributed by atoms with Crippen LogP contribution in [-0.4, -0.2) is 20.7 Å². The second kappa shape index (κ2) is 6.08. The molecule has 0 unspecified atom stereocenters. The second-order valence-corrected chi connectivity index (χ2v) is 6.03. The van der Waals surface area contributed by atoms with E-state index in [1.165, 1.54) is 12.1 Å². The highest BCUT2D eigenvalue weighted by molar-refractivity contribution is 5.95. The molecule has 0 aliphatic heterocycles. The van der Waals surface area contributed by atoms with Crippen molar-refractivity contribution in [1.29, 1.82) is 0 Å². The molecular weight excluding hydrogens is 326 g/mol. The number of anilines is 1. The van der Waals surface area contributed by atoms with Crippen molar-refractivity contribution < 1.29 is 13.6 Å². The van der Waals surface area contributed by atoms with Crippen LogP contribution in [0.15, 0.2) is 55.1 Å². The lowest BCUT2D eigenvalue weighted by Crippen LogP contribution is -2.14. The van der Waals surface area contributed by atoms with Crippen LogP contribution in [0, 0.1) is 17.6 Å². The number of amides is 1. The molecule has 0 spiro atoms. The van der Waals surface area contributed by atoms with E-state index in [0.717, 1.165) is 11.8 Å². The normalized spacial score (nSPS) is 18.8. The molecule has 0 radical (unpaired) electrons. The van der Waals surface area contributed by atoms with E-state index in [4.69, 9.17) is 0 Å². The van der Waals surface area contributed by atoms with Gasteiger partial charge in [0, 0.05) is 11.6 Å². The maximum absolute atomic E-state index is 13.3. The number of carbonyl (C=O) groups excluding carboxylic acids is 1. The van der Waals surface area contributed by atoms with Gasteiger partial charge in [0.05, 0.1) is 5.69 Å². The molecule has 1 amide bonds. The van der Waals surface area contributed by atoms with Gasteiger partial charge >= 0.3 is 0 Å². The maximum Gasteiger partial charge on any atom is 0.228 e. The van der Waals surface area contributed by atoms with Gasteiger partial charge in [0.1, 0.15) is 12.7 Å². The van der Waals surface area contributed by atoms with E-state index < -0.39 is 11.6 Å². The minimum atomic E-state index is -0.884. The van der Waals surface area contributed by atoms with Gasteiger partial charge in [-0.1, -0.05) is 12.1 Å². The second-order valence-electron chi connectivity index (χ2n) is 6.03. The Hall–Kier alpha value is -3.09. The minimum absolute atomic E-state index is 0.0730. The topological polar surface area (TPSA) is 59.8 Å². The molecule has 1 fully saturated rings. The summed E-state index contributed by atoms with van der Waals surface area (Å²) in [6.45, 7) is 0. The van der Waals surface area contributed by atoms with Gasteiger partial charge in [-0.25, -0.2) is 8.78 Å². The highest BCUT2D eigenvalue weighted by Gasteiger charge is 2.44. The molecular formula is C18H14F2N4O. The molecule has 3 aromatic rings. The quantitative estimate of drug-likeness (QED) is 0.793. The zero-order valence-corrected chi connectivity index (χ0v) is 13.1. The Balaban J connectivity index is 1.45. The molecule has 25 heavy (non-hydrogen) atoms. The van der Waals surface area contributed by atoms with Crippen LogP contribution in [0.25, 0.3) is 5.69 Å². The molecule has 2 aromatic carbocycles. The molecule has 1 saturated carbocycles. The molecule has 1 heterocycles. The predicted molar refractivity (Wildman–Crippen MR) is 87.2 cm³/mol. The maximum atomic E-state index is 13.3. The molecule has 5 nitrogen and oxygen atoms in total. The number of aromatic nitrogens is 3. The average molecular weight is 340 g/mol. The van der Waals surface area contributed by atoms with Crippen LogP contribution in [-0.2, 0) is 4.79 Å². The smallest absolute Gasteiger partial charge is 0.228 e. The molecule has 1 aliphatic rings. The van der Waals surface area contributed by atoms with E-state index in [1.54, 1.807) is 23.3 Å². The minimum Gasteiger partial charge on any atom is -0.326 e. The number of nitrogens with one attached hydrogen (secondary N) is 1. The van der Waals surface area contributed by atoms with Crippen LogP contribution in [0.2, 0.25) is 0 Å². The van der Waals surface area contributed by atoms with Gasteiger partial charge in [-0.3, -0.25) is 9.36 Å². The zero-order chi connectivity index (χ0) is 17.4. The molecule has 1 N–H and O–H groups in total. The van der Waals surface area contributed by atoms with Gasteiger partial charge in [-0.05, 0) is 48.2 Å². The Morgan fingerprint density at radius 1 is 1.08 bits per heavy atom. The van der Waals surface area contributed by atoms with Crippen molar-refractivity contribution >= 4 is 11.6 Å². The number of nitrogens with zero attached hydrogens (tertiary/aromatic N) is 3. The number of rotatable bonds is 4. The summed E-state index contributed by atoms with van der Waals surface area (Å²) in [4.78, 5) is 12.4. The largest absolute Gasteiger partial charge is 0.326 e. The molecule has 0 saturated heterocycles. The lowest BCUT2D eigenvalue weighted by atomic mass is 10.1. The molecule has 7 heteroatoms. The van der Waals surface area contributed by atoms with Crippen molar-refractivity contribution in [2.75, 3.05) is 5.32 Å². The Morgan fingerprint density at radius 3 is 2.64 bits per heavy atom. The van der Waals surface area contributed by atoms with Gasteiger partial charge in [-0.2, -0.15) is 0 Å². The van der Waals surface area contributed by atoms with Crippen LogP contribution < -0.4 is 5.32 Å². The molecule has 0 bridgehead atoms. The summed E-state index contributed by atoms with van der Waals surface area (Å²) in [7, 11) is 0. The molecule has 126 valence electrons. The summed E-state index contributed by atoms with van der Waals surface area (Å²) < 4.78 is 28.1. The fourth-order valence-corrected chi connectivity index (χ4v) is 2.91. The summed E-state index contributed by atoms with van der Waals surface area (Å²) in [6.07, 6.45) is 3.77. The van der Waals surface area contributed by atoms with Gasteiger partial charge in [0.2, 0.25) is 5.91 Å². The van der Waals surface area contributed by atoms with E-state index in [9.17, 15) is 13.6 Å². The van der Waals surface area contributed by atoms with Gasteiger partial charge in [0.15, 0.2) is 11.6 Å². The first kappa shape index (κ1) is 15.4. The van der Waals surface area contributed by atoms with Crippen molar-refractivity contribution in [3.8, 4) is 5.69 Å². The Labute approximate surface area is 142 Å². The molecule has 1 aliphatic carbocycles. The Kier molecular flexibility index (Phi) is 3.76. The Bertz CT molecular complexity index is 927. The first-order chi connectivity index (χ1) is 12.1. The van der Waals surface area contributed by atoms with E-state index in [0.29, 0.717) is 17.7 Å². The summed E-state index contributed by atoms with van der Waals surface area (Å²) >= 11 is 0. The zero-order valence-electron chi connectivity index (χ0n) is 13.1. The third-order valence-electron chi connectivity index (χ3n) is 4.33. The van der Waals surface area contributed by atoms with Crippen LogP contribution in [0.1, 0.15) is 17.9 Å². The third kappa shape index (κ3) is 3.13. The number of benzene rings is 2. The van der Waals surface area contributed by atoms with E-state index in [1.807, 2.05) is 18.2 Å². The highest BCUT2D eigenvalue weighted by Crippen LogP contribution is 2.48.